The Morgan fingerprint density at radius 2 is 2.08 bits per heavy atom. The molecule has 7 heteroatoms. The number of methoxy groups -OCH3 is 1. The Morgan fingerprint density at radius 1 is 1.31 bits per heavy atom. The maximum atomic E-state index is 11.7. The molecule has 0 amide bonds. The molecule has 136 valence electrons. The Hall–Kier alpha value is -2.44. The van der Waals surface area contributed by atoms with Crippen molar-refractivity contribution in [3.05, 3.63) is 64.2 Å². The molecule has 0 saturated heterocycles. The fourth-order valence-electron chi connectivity index (χ4n) is 2.90. The summed E-state index contributed by atoms with van der Waals surface area (Å²) in [7, 11) is 1.29. The monoisotopic (exact) mass is 373 g/mol. The lowest BCUT2D eigenvalue weighted by Gasteiger charge is -2.13. The number of esters is 1. The molecule has 0 aromatic carbocycles. The minimum atomic E-state index is -1.02. The smallest absolute Gasteiger partial charge is 0.356 e. The summed E-state index contributed by atoms with van der Waals surface area (Å²) in [5.41, 5.74) is 2.71. The van der Waals surface area contributed by atoms with Gasteiger partial charge in [-0.1, -0.05) is 31.5 Å². The fraction of sp³-hybridized carbons (Fsp3) is 0.316. The van der Waals surface area contributed by atoms with Gasteiger partial charge < -0.3 is 9.84 Å². The van der Waals surface area contributed by atoms with Crippen molar-refractivity contribution in [2.45, 2.75) is 26.4 Å². The van der Waals surface area contributed by atoms with Crippen molar-refractivity contribution in [3.63, 3.8) is 0 Å². The number of nitrogens with zero attached hydrogens (tertiary/aromatic N) is 3. The average molecular weight is 374 g/mol. The number of carbonyl (C=O) groups excluding carboxylic acids is 1. The molecule has 0 aliphatic heterocycles. The molecular formula is C19H20ClN3O3. The molecule has 26 heavy (non-hydrogen) atoms. The van der Waals surface area contributed by atoms with E-state index in [4.69, 9.17) is 16.3 Å². The number of fused-ring (bicyclic) bond motifs is 1. The second-order valence-corrected chi connectivity index (χ2v) is 6.91. The number of aliphatic hydroxyl groups is 1. The predicted octanol–water partition coefficient (Wildman–Crippen LogP) is 3.45. The summed E-state index contributed by atoms with van der Waals surface area (Å²) in [5, 5.41) is 16.2. The summed E-state index contributed by atoms with van der Waals surface area (Å²) in [4.78, 5) is 16.0. The molecule has 0 fully saturated rings. The molecule has 1 atom stereocenters. The molecule has 0 saturated carbocycles. The lowest BCUT2D eigenvalue weighted by Crippen LogP contribution is -2.10. The van der Waals surface area contributed by atoms with E-state index in [1.807, 2.05) is 6.07 Å². The van der Waals surface area contributed by atoms with Crippen LogP contribution in [-0.4, -0.2) is 32.8 Å². The zero-order valence-corrected chi connectivity index (χ0v) is 15.6. The second kappa shape index (κ2) is 7.43. The SMILES string of the molecule is COC(=O)c1cccc(C(O)c2c(CC(C)C)nn3cc(Cl)ccc23)n1. The van der Waals surface area contributed by atoms with Crippen LogP contribution in [-0.2, 0) is 11.2 Å². The topological polar surface area (TPSA) is 76.7 Å². The van der Waals surface area contributed by atoms with Crippen LogP contribution in [0.4, 0.5) is 0 Å². The van der Waals surface area contributed by atoms with E-state index in [2.05, 4.69) is 23.9 Å². The van der Waals surface area contributed by atoms with E-state index in [0.717, 1.165) is 11.2 Å². The first-order valence-electron chi connectivity index (χ1n) is 8.30. The van der Waals surface area contributed by atoms with Gasteiger partial charge in [0.1, 0.15) is 11.8 Å². The maximum absolute atomic E-state index is 11.7. The number of aromatic nitrogens is 3. The third-order valence-electron chi connectivity index (χ3n) is 4.03. The number of hydrogen-bond acceptors (Lipinski definition) is 5. The zero-order chi connectivity index (χ0) is 18.8. The molecule has 0 aliphatic rings. The van der Waals surface area contributed by atoms with Crippen molar-refractivity contribution in [2.24, 2.45) is 5.92 Å². The van der Waals surface area contributed by atoms with E-state index in [1.54, 1.807) is 35.0 Å². The highest BCUT2D eigenvalue weighted by molar-refractivity contribution is 6.30. The lowest BCUT2D eigenvalue weighted by atomic mass is 9.98. The van der Waals surface area contributed by atoms with Crippen LogP contribution < -0.4 is 0 Å². The van der Waals surface area contributed by atoms with Crippen LogP contribution in [0.15, 0.2) is 36.5 Å². The molecule has 0 radical (unpaired) electrons. The van der Waals surface area contributed by atoms with Crippen molar-refractivity contribution >= 4 is 23.1 Å². The Bertz CT molecular complexity index is 952. The van der Waals surface area contributed by atoms with Crippen molar-refractivity contribution in [2.75, 3.05) is 7.11 Å². The summed E-state index contributed by atoms with van der Waals surface area (Å²) >= 11 is 6.07. The number of aliphatic hydroxyl groups excluding tert-OH is 1. The second-order valence-electron chi connectivity index (χ2n) is 6.48. The quantitative estimate of drug-likeness (QED) is 0.693. The Morgan fingerprint density at radius 3 is 2.77 bits per heavy atom. The van der Waals surface area contributed by atoms with Crippen molar-refractivity contribution in [1.29, 1.82) is 0 Å². The number of pyridine rings is 2. The highest BCUT2D eigenvalue weighted by Crippen LogP contribution is 2.30. The van der Waals surface area contributed by atoms with Crippen LogP contribution in [0.25, 0.3) is 5.52 Å². The largest absolute Gasteiger partial charge is 0.464 e. The number of carbonyl (C=O) groups is 1. The normalized spacial score (nSPS) is 12.5. The van der Waals surface area contributed by atoms with Gasteiger partial charge in [0.25, 0.3) is 0 Å². The van der Waals surface area contributed by atoms with Gasteiger partial charge in [0.2, 0.25) is 0 Å². The van der Waals surface area contributed by atoms with E-state index in [9.17, 15) is 9.90 Å². The van der Waals surface area contributed by atoms with Crippen LogP contribution in [0.2, 0.25) is 5.02 Å². The number of hydrogen-bond donors (Lipinski definition) is 1. The third-order valence-corrected chi connectivity index (χ3v) is 4.25. The summed E-state index contributed by atoms with van der Waals surface area (Å²) < 4.78 is 6.38. The summed E-state index contributed by atoms with van der Waals surface area (Å²) in [5.74, 6) is -0.191. The fourth-order valence-corrected chi connectivity index (χ4v) is 3.05. The first kappa shape index (κ1) is 18.4. The van der Waals surface area contributed by atoms with Gasteiger partial charge in [-0.3, -0.25) is 0 Å². The van der Waals surface area contributed by atoms with Gasteiger partial charge in [0.05, 0.1) is 29.0 Å². The van der Waals surface area contributed by atoms with E-state index in [0.29, 0.717) is 28.6 Å². The first-order chi connectivity index (χ1) is 12.4. The highest BCUT2D eigenvalue weighted by atomic mass is 35.5. The zero-order valence-electron chi connectivity index (χ0n) is 14.8. The molecule has 0 aliphatic carbocycles. The van der Waals surface area contributed by atoms with Gasteiger partial charge in [0.15, 0.2) is 0 Å². The molecular weight excluding hydrogens is 354 g/mol. The van der Waals surface area contributed by atoms with Crippen LogP contribution >= 0.6 is 11.6 Å². The number of rotatable bonds is 5. The molecule has 3 rings (SSSR count). The van der Waals surface area contributed by atoms with Gasteiger partial charge in [-0.2, -0.15) is 5.10 Å². The maximum Gasteiger partial charge on any atom is 0.356 e. The summed E-state index contributed by atoms with van der Waals surface area (Å²) in [6.45, 7) is 4.17. The minimum Gasteiger partial charge on any atom is -0.464 e. The molecule has 3 aromatic rings. The molecule has 3 aromatic heterocycles. The molecule has 3 heterocycles. The minimum absolute atomic E-state index is 0.147. The lowest BCUT2D eigenvalue weighted by molar-refractivity contribution is 0.0593. The van der Waals surface area contributed by atoms with Gasteiger partial charge in [-0.25, -0.2) is 14.3 Å². The standard InChI is InChI=1S/C19H20ClN3O3/c1-11(2)9-15-17(16-8-7-12(20)10-23(16)22-15)18(24)13-5-4-6-14(21-13)19(25)26-3/h4-8,10-11,18,24H,9H2,1-3H3. The molecule has 1 unspecified atom stereocenters. The molecule has 6 nitrogen and oxygen atoms in total. The van der Waals surface area contributed by atoms with Crippen LogP contribution in [0.1, 0.15) is 47.4 Å². The van der Waals surface area contributed by atoms with Crippen LogP contribution in [0.5, 0.6) is 0 Å². The van der Waals surface area contributed by atoms with Crippen LogP contribution in [0, 0.1) is 5.92 Å². The highest BCUT2D eigenvalue weighted by Gasteiger charge is 2.24. The van der Waals surface area contributed by atoms with E-state index >= 15 is 0 Å². The summed E-state index contributed by atoms with van der Waals surface area (Å²) in [6.07, 6.45) is 1.38. The van der Waals surface area contributed by atoms with Gasteiger partial charge >= 0.3 is 5.97 Å². The first-order valence-corrected chi connectivity index (χ1v) is 8.68. The van der Waals surface area contributed by atoms with Gasteiger partial charge in [-0.05, 0) is 36.6 Å². The van der Waals surface area contributed by atoms with E-state index < -0.39 is 12.1 Å². The molecule has 1 N–H and O–H groups in total. The Labute approximate surface area is 156 Å². The van der Waals surface area contributed by atoms with Gasteiger partial charge in [0, 0.05) is 11.8 Å². The van der Waals surface area contributed by atoms with Crippen molar-refractivity contribution in [1.82, 2.24) is 14.6 Å². The van der Waals surface area contributed by atoms with E-state index in [1.165, 1.54) is 7.11 Å². The Balaban J connectivity index is 2.12. The summed E-state index contributed by atoms with van der Waals surface area (Å²) in [6, 6.07) is 8.47. The Kier molecular flexibility index (Phi) is 5.25. The third kappa shape index (κ3) is 3.57. The molecule has 0 spiro atoms. The van der Waals surface area contributed by atoms with Crippen molar-refractivity contribution < 1.29 is 14.6 Å². The van der Waals surface area contributed by atoms with Crippen LogP contribution in [0.3, 0.4) is 0 Å². The predicted molar refractivity (Wildman–Crippen MR) is 98.4 cm³/mol. The van der Waals surface area contributed by atoms with Crippen molar-refractivity contribution in [3.8, 4) is 0 Å². The number of ether oxygens (including phenoxy) is 1. The molecule has 0 bridgehead atoms. The van der Waals surface area contributed by atoms with Gasteiger partial charge in [-0.15, -0.1) is 0 Å². The number of halogens is 1. The van der Waals surface area contributed by atoms with E-state index in [-0.39, 0.29) is 5.69 Å². The average Bonchev–Trinajstić information content (AvgIpc) is 2.96.